The van der Waals surface area contributed by atoms with Gasteiger partial charge < -0.3 is 19.6 Å². The molecule has 0 saturated carbocycles. The Bertz CT molecular complexity index is 5140. The number of para-hydroxylation sites is 2. The van der Waals surface area contributed by atoms with Gasteiger partial charge in [0.1, 0.15) is 0 Å². The monoisotopic (exact) mass is 1150 g/mol. The van der Waals surface area contributed by atoms with E-state index in [4.69, 9.17) is 0 Å². The van der Waals surface area contributed by atoms with Gasteiger partial charge in [0.25, 0.3) is 13.4 Å². The molecule has 4 nitrogen and oxygen atoms in total. The number of fused-ring (bicyclic) bond motifs is 11. The van der Waals surface area contributed by atoms with Crippen LogP contribution in [0.25, 0.3) is 65.4 Å². The second-order valence-corrected chi connectivity index (χ2v) is 24.9. The zero-order valence-corrected chi connectivity index (χ0v) is 49.2. The summed E-state index contributed by atoms with van der Waals surface area (Å²) in [7, 11) is 0. The van der Waals surface area contributed by atoms with Gasteiger partial charge in [-0.05, 0) is 149 Å². The van der Waals surface area contributed by atoms with Crippen LogP contribution in [0.2, 0.25) is 0 Å². The molecule has 5 aliphatic heterocycles. The smallest absolute Gasteiger partial charge is 0.252 e. The van der Waals surface area contributed by atoms with Gasteiger partial charge in [-0.2, -0.15) is 0 Å². The number of thiophene rings is 1. The molecule has 0 amide bonds. The third-order valence-electron chi connectivity index (χ3n) is 19.1. The highest BCUT2D eigenvalue weighted by Crippen LogP contribution is 2.65. The van der Waals surface area contributed by atoms with Crippen molar-refractivity contribution in [2.75, 3.05) is 19.6 Å². The Labute approximate surface area is 522 Å². The minimum atomic E-state index is -0.149. The van der Waals surface area contributed by atoms with Crippen LogP contribution in [-0.2, 0) is 0 Å². The first-order chi connectivity index (χ1) is 44.2. The van der Waals surface area contributed by atoms with E-state index in [1.165, 1.54) is 149 Å². The van der Waals surface area contributed by atoms with Crippen LogP contribution in [0, 0.1) is 0 Å². The molecule has 89 heavy (non-hydrogen) atoms. The number of benzene rings is 13. The molecule has 7 heteroatoms. The Morgan fingerprint density at radius 3 is 0.944 bits per heavy atom. The molecule has 1 aromatic heterocycles. The predicted octanol–water partition coefficient (Wildman–Crippen LogP) is 18.2. The highest BCUT2D eigenvalue weighted by Gasteiger charge is 2.54. The Morgan fingerprint density at radius 1 is 0.202 bits per heavy atom. The third-order valence-corrected chi connectivity index (χ3v) is 20.4. The van der Waals surface area contributed by atoms with Crippen LogP contribution in [-0.4, -0.2) is 13.4 Å². The van der Waals surface area contributed by atoms with Crippen LogP contribution in [0.3, 0.4) is 0 Å². The molecule has 5 aliphatic rings. The molecule has 0 aliphatic carbocycles. The zero-order chi connectivity index (χ0) is 58.3. The summed E-state index contributed by atoms with van der Waals surface area (Å²) in [4.78, 5) is 13.1. The molecule has 0 spiro atoms. The predicted molar refractivity (Wildman–Crippen MR) is 379 cm³/mol. The van der Waals surface area contributed by atoms with E-state index < -0.39 is 0 Å². The second-order valence-electron chi connectivity index (χ2n) is 23.9. The standard InChI is InChI=1S/C82H52B2N4S/c1-9-25-53(26-10-1)59-42-46-69-68(47-59)84-67-45-44-66-77-78(67)88(74-52-61(55-29-13-3-14-30-55)49-71(76(74)84)85(69)63-37-21-7-22-38-63)80-79(81(57-33-17-5-18-34-57)89-82(80)58-35-19-6-20-36-58)87(77)73-51-62(56-31-15-4-16-32-56)50-72-75(73)83(66)65-43-41-60(54-27-11-2-12-28-54)48-70(65)86(72)64-39-23-8-24-40-64/h1-52H. The molecule has 14 aromatic rings. The summed E-state index contributed by atoms with van der Waals surface area (Å²) < 4.78 is 0. The van der Waals surface area contributed by atoms with Crippen molar-refractivity contribution < 1.29 is 0 Å². The normalized spacial score (nSPS) is 13.3. The van der Waals surface area contributed by atoms with E-state index in [0.29, 0.717) is 0 Å². The van der Waals surface area contributed by atoms with Crippen LogP contribution < -0.4 is 52.4 Å². The molecule has 412 valence electrons. The van der Waals surface area contributed by atoms with Gasteiger partial charge in [-0.3, -0.25) is 0 Å². The fraction of sp³-hybridized carbons (Fsp3) is 0. The lowest BCUT2D eigenvalue weighted by Gasteiger charge is -2.52. The lowest BCUT2D eigenvalue weighted by molar-refractivity contribution is 1.18. The van der Waals surface area contributed by atoms with Crippen molar-refractivity contribution in [3.8, 4) is 65.4 Å². The number of nitrogens with zero attached hydrogens (tertiary/aromatic N) is 4. The molecule has 13 aromatic carbocycles. The minimum absolute atomic E-state index is 0.138. The maximum absolute atomic E-state index is 2.76. The average Bonchev–Trinajstić information content (AvgIpc) is 1.64. The van der Waals surface area contributed by atoms with Gasteiger partial charge in [-0.1, -0.05) is 255 Å². The van der Waals surface area contributed by atoms with Crippen molar-refractivity contribution in [1.29, 1.82) is 0 Å². The molecule has 0 bridgehead atoms. The van der Waals surface area contributed by atoms with E-state index in [1.54, 1.807) is 0 Å². The van der Waals surface area contributed by atoms with Crippen molar-refractivity contribution in [3.05, 3.63) is 315 Å². The molecule has 19 rings (SSSR count). The zero-order valence-electron chi connectivity index (χ0n) is 48.4. The van der Waals surface area contributed by atoms with Crippen molar-refractivity contribution in [2.45, 2.75) is 0 Å². The van der Waals surface area contributed by atoms with E-state index in [-0.39, 0.29) is 13.4 Å². The summed E-state index contributed by atoms with van der Waals surface area (Å²) in [6, 6.07) is 118. The summed E-state index contributed by atoms with van der Waals surface area (Å²) in [5, 5.41) is 0. The number of hydrogen-bond donors (Lipinski definition) is 0. The molecule has 0 atom stereocenters. The molecular formula is C82H52B2N4S. The van der Waals surface area contributed by atoms with Crippen molar-refractivity contribution in [3.63, 3.8) is 0 Å². The van der Waals surface area contributed by atoms with Crippen molar-refractivity contribution >= 4 is 126 Å². The first-order valence-electron chi connectivity index (χ1n) is 30.8. The molecular weight excluding hydrogens is 1090 g/mol. The first-order valence-corrected chi connectivity index (χ1v) is 31.6. The molecule has 0 radical (unpaired) electrons. The van der Waals surface area contributed by atoms with Crippen LogP contribution in [0.1, 0.15) is 0 Å². The Morgan fingerprint density at radius 2 is 0.517 bits per heavy atom. The van der Waals surface area contributed by atoms with Crippen LogP contribution in [0.15, 0.2) is 315 Å². The van der Waals surface area contributed by atoms with Crippen molar-refractivity contribution in [1.82, 2.24) is 0 Å². The molecule has 0 unspecified atom stereocenters. The van der Waals surface area contributed by atoms with E-state index >= 15 is 0 Å². The maximum atomic E-state index is 2.76. The van der Waals surface area contributed by atoms with E-state index in [0.717, 1.165) is 16.9 Å². The number of hydrogen-bond acceptors (Lipinski definition) is 5. The average molecular weight is 1150 g/mol. The first kappa shape index (κ1) is 50.1. The fourth-order valence-corrected chi connectivity index (χ4v) is 16.6. The van der Waals surface area contributed by atoms with E-state index in [2.05, 4.69) is 335 Å². The minimum Gasteiger partial charge on any atom is -0.311 e. The van der Waals surface area contributed by atoms with Gasteiger partial charge in [0, 0.05) is 45.5 Å². The van der Waals surface area contributed by atoms with Gasteiger partial charge >= 0.3 is 0 Å². The lowest BCUT2D eigenvalue weighted by atomic mass is 9.30. The molecule has 0 N–H and O–H groups in total. The van der Waals surface area contributed by atoms with E-state index in [9.17, 15) is 0 Å². The third kappa shape index (κ3) is 7.49. The van der Waals surface area contributed by atoms with Gasteiger partial charge in [0.05, 0.1) is 32.5 Å². The molecule has 6 heterocycles. The summed E-state index contributed by atoms with van der Waals surface area (Å²) in [6.45, 7) is -0.287. The topological polar surface area (TPSA) is 13.0 Å². The summed E-state index contributed by atoms with van der Waals surface area (Å²) in [5.41, 5.74) is 33.7. The maximum Gasteiger partial charge on any atom is 0.252 e. The van der Waals surface area contributed by atoms with Gasteiger partial charge in [-0.25, -0.2) is 0 Å². The highest BCUT2D eigenvalue weighted by atomic mass is 32.1. The van der Waals surface area contributed by atoms with Gasteiger partial charge in [-0.15, -0.1) is 11.3 Å². The fourth-order valence-electron chi connectivity index (χ4n) is 15.3. The SMILES string of the molecule is c1ccc(-c2ccc3c(c2)B2c4ccc5c6c4N(c4cc(-c7ccccc7)cc(c42)N3c2ccccc2)c2c(-c3ccccc3)sc(-c3ccccc3)c2N6c2cc(-c3ccccc3)cc3c2B5c2ccc(-c4ccccc4)cc2N3c2ccccc2)cc1. The van der Waals surface area contributed by atoms with E-state index in [1.807, 2.05) is 11.3 Å². The lowest BCUT2D eigenvalue weighted by Crippen LogP contribution is -2.65. The quantitative estimate of drug-likeness (QED) is 0.141. The summed E-state index contributed by atoms with van der Waals surface area (Å²) in [5.74, 6) is 0. The Kier molecular flexibility index (Phi) is 11.1. The molecule has 0 saturated heterocycles. The van der Waals surface area contributed by atoms with Gasteiger partial charge in [0.15, 0.2) is 0 Å². The summed E-state index contributed by atoms with van der Waals surface area (Å²) >= 11 is 1.92. The largest absolute Gasteiger partial charge is 0.311 e. The number of anilines is 12. The van der Waals surface area contributed by atoms with Gasteiger partial charge in [0.2, 0.25) is 0 Å². The summed E-state index contributed by atoms with van der Waals surface area (Å²) in [6.07, 6.45) is 0. The Balaban J connectivity index is 0.993. The van der Waals surface area contributed by atoms with Crippen LogP contribution >= 0.6 is 11.3 Å². The Hall–Kier alpha value is -11.1. The second kappa shape index (κ2) is 19.7. The van der Waals surface area contributed by atoms with Crippen molar-refractivity contribution in [2.24, 2.45) is 0 Å². The highest BCUT2D eigenvalue weighted by molar-refractivity contribution is 7.20. The number of rotatable bonds is 8. The van der Waals surface area contributed by atoms with Crippen LogP contribution in [0.5, 0.6) is 0 Å². The van der Waals surface area contributed by atoms with Crippen LogP contribution in [0.4, 0.5) is 68.2 Å². The molecule has 0 fully saturated rings.